The van der Waals surface area contributed by atoms with Crippen molar-refractivity contribution in [3.8, 4) is 0 Å². The van der Waals surface area contributed by atoms with Crippen LogP contribution in [0.5, 0.6) is 0 Å². The summed E-state index contributed by atoms with van der Waals surface area (Å²) >= 11 is 1.93. The largest absolute Gasteiger partial charge is 0.384 e. The van der Waals surface area contributed by atoms with Gasteiger partial charge in [-0.3, -0.25) is 4.79 Å². The Kier molecular flexibility index (Phi) is 5.35. The molecule has 0 spiro atoms. The number of anilines is 1. The maximum absolute atomic E-state index is 12.8. The fourth-order valence-electron chi connectivity index (χ4n) is 2.43. The van der Waals surface area contributed by atoms with E-state index in [-0.39, 0.29) is 5.91 Å². The molecule has 3 nitrogen and oxygen atoms in total. The van der Waals surface area contributed by atoms with Crippen molar-refractivity contribution in [2.75, 3.05) is 29.9 Å². The minimum Gasteiger partial charge on any atom is -0.384 e. The molecule has 1 aromatic carbocycles. The number of nitrogens with zero attached hydrogens (tertiary/aromatic N) is 1. The molecule has 0 saturated carbocycles. The van der Waals surface area contributed by atoms with Gasteiger partial charge in [0.2, 0.25) is 0 Å². The lowest BCUT2D eigenvalue weighted by Crippen LogP contribution is -2.44. The standard InChI is InChI=1S/C16H24N2OS/c1-4-7-17-15-10-12(2)5-6-14(15)16(19)18-8-9-20-11-13(18)3/h5-6,10,13,17H,4,7-9,11H2,1-3H3. The highest BCUT2D eigenvalue weighted by Gasteiger charge is 2.26. The molecule has 1 amide bonds. The monoisotopic (exact) mass is 292 g/mol. The van der Waals surface area contributed by atoms with Crippen molar-refractivity contribution in [2.24, 2.45) is 0 Å². The Bertz CT molecular complexity index is 476. The van der Waals surface area contributed by atoms with Crippen LogP contribution in [0.4, 0.5) is 5.69 Å². The van der Waals surface area contributed by atoms with E-state index in [1.54, 1.807) is 0 Å². The van der Waals surface area contributed by atoms with Crippen LogP contribution in [0.1, 0.15) is 36.2 Å². The number of nitrogens with one attached hydrogen (secondary N) is 1. The van der Waals surface area contributed by atoms with E-state index in [1.807, 2.05) is 28.8 Å². The van der Waals surface area contributed by atoms with E-state index in [0.29, 0.717) is 6.04 Å². The Balaban J connectivity index is 2.23. The summed E-state index contributed by atoms with van der Waals surface area (Å²) in [6.07, 6.45) is 1.05. The molecule has 110 valence electrons. The number of amides is 1. The number of thioether (sulfide) groups is 1. The first-order valence-corrected chi connectivity index (χ1v) is 8.52. The van der Waals surface area contributed by atoms with Crippen molar-refractivity contribution >= 4 is 23.4 Å². The first kappa shape index (κ1) is 15.2. The highest BCUT2D eigenvalue weighted by molar-refractivity contribution is 7.99. The lowest BCUT2D eigenvalue weighted by atomic mass is 10.1. The molecule has 1 N–H and O–H groups in total. The van der Waals surface area contributed by atoms with E-state index in [1.165, 1.54) is 5.56 Å². The average molecular weight is 292 g/mol. The smallest absolute Gasteiger partial charge is 0.256 e. The van der Waals surface area contributed by atoms with Gasteiger partial charge in [0.15, 0.2) is 0 Å². The highest BCUT2D eigenvalue weighted by atomic mass is 32.2. The molecule has 0 bridgehead atoms. The van der Waals surface area contributed by atoms with Crippen LogP contribution in [0, 0.1) is 6.92 Å². The van der Waals surface area contributed by atoms with Crippen LogP contribution in [0.2, 0.25) is 0 Å². The van der Waals surface area contributed by atoms with Gasteiger partial charge in [-0.05, 0) is 38.0 Å². The second kappa shape index (κ2) is 7.02. The predicted octanol–water partition coefficient (Wildman–Crippen LogP) is 3.39. The molecule has 1 aromatic rings. The number of hydrogen-bond donors (Lipinski definition) is 1. The SMILES string of the molecule is CCCNc1cc(C)ccc1C(=O)N1CCSCC1C. The molecule has 1 aliphatic heterocycles. The third kappa shape index (κ3) is 3.48. The molecule has 1 atom stereocenters. The normalized spacial score (nSPS) is 18.9. The van der Waals surface area contributed by atoms with Gasteiger partial charge in [-0.2, -0.15) is 11.8 Å². The molecular formula is C16H24N2OS. The topological polar surface area (TPSA) is 32.3 Å². The molecule has 4 heteroatoms. The van der Waals surface area contributed by atoms with Crippen LogP contribution in [-0.2, 0) is 0 Å². The third-order valence-corrected chi connectivity index (χ3v) is 4.79. The van der Waals surface area contributed by atoms with Gasteiger partial charge in [0.1, 0.15) is 0 Å². The summed E-state index contributed by atoms with van der Waals surface area (Å²) in [5.41, 5.74) is 2.97. The van der Waals surface area contributed by atoms with Crippen molar-refractivity contribution in [1.82, 2.24) is 4.90 Å². The van der Waals surface area contributed by atoms with Crippen LogP contribution in [0.3, 0.4) is 0 Å². The van der Waals surface area contributed by atoms with Crippen molar-refractivity contribution in [3.05, 3.63) is 29.3 Å². The first-order valence-electron chi connectivity index (χ1n) is 7.36. The summed E-state index contributed by atoms with van der Waals surface area (Å²) < 4.78 is 0. The number of hydrogen-bond acceptors (Lipinski definition) is 3. The quantitative estimate of drug-likeness (QED) is 0.923. The zero-order chi connectivity index (χ0) is 14.5. The summed E-state index contributed by atoms with van der Waals surface area (Å²) in [6.45, 7) is 8.08. The number of carbonyl (C=O) groups excluding carboxylic acids is 1. The second-order valence-electron chi connectivity index (χ2n) is 5.40. The summed E-state index contributed by atoms with van der Waals surface area (Å²) in [4.78, 5) is 14.8. The maximum atomic E-state index is 12.8. The predicted molar refractivity (Wildman–Crippen MR) is 87.8 cm³/mol. The highest BCUT2D eigenvalue weighted by Crippen LogP contribution is 2.23. The second-order valence-corrected chi connectivity index (χ2v) is 6.55. The first-order chi connectivity index (χ1) is 9.63. The van der Waals surface area contributed by atoms with Crippen LogP contribution in [-0.4, -0.2) is 41.4 Å². The van der Waals surface area contributed by atoms with Gasteiger partial charge in [-0.25, -0.2) is 0 Å². The summed E-state index contributed by atoms with van der Waals surface area (Å²) in [5.74, 6) is 2.24. The van der Waals surface area contributed by atoms with Gasteiger partial charge < -0.3 is 10.2 Å². The third-order valence-electron chi connectivity index (χ3n) is 3.60. The molecule has 1 aliphatic rings. The zero-order valence-electron chi connectivity index (χ0n) is 12.6. The summed E-state index contributed by atoms with van der Waals surface area (Å²) in [6, 6.07) is 6.38. The molecule has 1 unspecified atom stereocenters. The van der Waals surface area contributed by atoms with E-state index in [2.05, 4.69) is 32.2 Å². The van der Waals surface area contributed by atoms with Gasteiger partial charge in [0, 0.05) is 36.3 Å². The van der Waals surface area contributed by atoms with Crippen LogP contribution < -0.4 is 5.32 Å². The van der Waals surface area contributed by atoms with Crippen molar-refractivity contribution in [2.45, 2.75) is 33.2 Å². The van der Waals surface area contributed by atoms with E-state index in [0.717, 1.165) is 42.3 Å². The summed E-state index contributed by atoms with van der Waals surface area (Å²) in [7, 11) is 0. The van der Waals surface area contributed by atoms with Crippen LogP contribution in [0.15, 0.2) is 18.2 Å². The van der Waals surface area contributed by atoms with E-state index < -0.39 is 0 Å². The molecule has 1 heterocycles. The van der Waals surface area contributed by atoms with Gasteiger partial charge in [-0.1, -0.05) is 13.0 Å². The Labute approximate surface area is 126 Å². The van der Waals surface area contributed by atoms with Gasteiger partial charge in [0.05, 0.1) is 5.56 Å². The zero-order valence-corrected chi connectivity index (χ0v) is 13.4. The Morgan fingerprint density at radius 1 is 1.50 bits per heavy atom. The van der Waals surface area contributed by atoms with Crippen LogP contribution >= 0.6 is 11.8 Å². The molecule has 2 rings (SSSR count). The average Bonchev–Trinajstić information content (AvgIpc) is 2.45. The van der Waals surface area contributed by atoms with E-state index in [4.69, 9.17) is 0 Å². The lowest BCUT2D eigenvalue weighted by Gasteiger charge is -2.33. The van der Waals surface area contributed by atoms with E-state index in [9.17, 15) is 4.79 Å². The number of carbonyl (C=O) groups is 1. The maximum Gasteiger partial charge on any atom is 0.256 e. The molecule has 0 aliphatic carbocycles. The van der Waals surface area contributed by atoms with E-state index >= 15 is 0 Å². The molecule has 0 radical (unpaired) electrons. The van der Waals surface area contributed by atoms with Crippen molar-refractivity contribution in [1.29, 1.82) is 0 Å². The van der Waals surface area contributed by atoms with Crippen LogP contribution in [0.25, 0.3) is 0 Å². The number of rotatable bonds is 4. The fraction of sp³-hybridized carbons (Fsp3) is 0.562. The Morgan fingerprint density at radius 2 is 2.30 bits per heavy atom. The lowest BCUT2D eigenvalue weighted by molar-refractivity contribution is 0.0717. The van der Waals surface area contributed by atoms with Gasteiger partial charge in [0.25, 0.3) is 5.91 Å². The summed E-state index contributed by atoms with van der Waals surface area (Å²) in [5, 5.41) is 3.39. The molecular weight excluding hydrogens is 268 g/mol. The molecule has 1 saturated heterocycles. The van der Waals surface area contributed by atoms with Crippen molar-refractivity contribution < 1.29 is 4.79 Å². The van der Waals surface area contributed by atoms with Crippen molar-refractivity contribution in [3.63, 3.8) is 0 Å². The number of benzene rings is 1. The minimum atomic E-state index is 0.163. The Morgan fingerprint density at radius 3 is 3.00 bits per heavy atom. The fourth-order valence-corrected chi connectivity index (χ4v) is 3.45. The van der Waals surface area contributed by atoms with Gasteiger partial charge >= 0.3 is 0 Å². The van der Waals surface area contributed by atoms with Gasteiger partial charge in [-0.15, -0.1) is 0 Å². The molecule has 20 heavy (non-hydrogen) atoms. The minimum absolute atomic E-state index is 0.163. The number of aryl methyl sites for hydroxylation is 1. The Hall–Kier alpha value is -1.16. The molecule has 0 aromatic heterocycles. The molecule has 1 fully saturated rings.